The molecule has 33 heavy (non-hydrogen) atoms. The van der Waals surface area contributed by atoms with Crippen molar-refractivity contribution in [3.05, 3.63) is 53.6 Å². The van der Waals surface area contributed by atoms with Gasteiger partial charge in [0.15, 0.2) is 17.5 Å². The van der Waals surface area contributed by atoms with E-state index in [2.05, 4.69) is 52.8 Å². The number of benzene rings is 2. The van der Waals surface area contributed by atoms with E-state index in [1.807, 2.05) is 12.1 Å². The van der Waals surface area contributed by atoms with Crippen LogP contribution in [0.3, 0.4) is 0 Å². The van der Waals surface area contributed by atoms with Crippen LogP contribution in [0.4, 0.5) is 0 Å². The minimum atomic E-state index is 0. The van der Waals surface area contributed by atoms with Crippen LogP contribution in [0.15, 0.2) is 47.5 Å². The summed E-state index contributed by atoms with van der Waals surface area (Å²) in [4.78, 5) is 7.37. The van der Waals surface area contributed by atoms with Crippen molar-refractivity contribution in [1.82, 2.24) is 15.5 Å². The first-order valence-electron chi connectivity index (χ1n) is 11.3. The molecule has 1 heterocycles. The van der Waals surface area contributed by atoms with Gasteiger partial charge < -0.3 is 24.8 Å². The number of ether oxygens (including phenoxy) is 3. The van der Waals surface area contributed by atoms with E-state index < -0.39 is 0 Å². The Balaban J connectivity index is 0.00000385. The lowest BCUT2D eigenvalue weighted by molar-refractivity contribution is 0.245. The molecule has 0 radical (unpaired) electrons. The minimum Gasteiger partial charge on any atom is -0.493 e. The van der Waals surface area contributed by atoms with Gasteiger partial charge in [0.1, 0.15) is 0 Å². The predicted molar refractivity (Wildman–Crippen MR) is 144 cm³/mol. The molecule has 2 aromatic rings. The highest BCUT2D eigenvalue weighted by molar-refractivity contribution is 14.0. The number of rotatable bonds is 10. The Bertz CT molecular complexity index is 873. The Labute approximate surface area is 214 Å². The van der Waals surface area contributed by atoms with E-state index in [9.17, 15) is 0 Å². The van der Waals surface area contributed by atoms with Crippen molar-refractivity contribution in [2.45, 2.75) is 32.4 Å². The Hall–Kier alpha value is -2.20. The number of aliphatic imine (C=N–C) groups is 1. The van der Waals surface area contributed by atoms with Crippen LogP contribution in [0.25, 0.3) is 0 Å². The van der Waals surface area contributed by atoms with Crippen LogP contribution in [-0.4, -0.2) is 58.4 Å². The zero-order valence-corrected chi connectivity index (χ0v) is 22.4. The van der Waals surface area contributed by atoms with E-state index in [-0.39, 0.29) is 24.0 Å². The van der Waals surface area contributed by atoms with Gasteiger partial charge in [0, 0.05) is 18.7 Å². The van der Waals surface area contributed by atoms with Crippen LogP contribution >= 0.6 is 24.0 Å². The van der Waals surface area contributed by atoms with E-state index in [1.54, 1.807) is 21.3 Å². The van der Waals surface area contributed by atoms with Gasteiger partial charge in [-0.2, -0.15) is 0 Å². The lowest BCUT2D eigenvalue weighted by Crippen LogP contribution is -2.42. The minimum absolute atomic E-state index is 0. The molecule has 0 aromatic heterocycles. The fourth-order valence-corrected chi connectivity index (χ4v) is 4.17. The Morgan fingerprint density at radius 1 is 0.939 bits per heavy atom. The van der Waals surface area contributed by atoms with E-state index in [4.69, 9.17) is 19.2 Å². The Kier molecular flexibility index (Phi) is 11.6. The molecule has 2 aromatic carbocycles. The van der Waals surface area contributed by atoms with Gasteiger partial charge in [-0.1, -0.05) is 30.3 Å². The Morgan fingerprint density at radius 3 is 2.24 bits per heavy atom. The monoisotopic (exact) mass is 568 g/mol. The van der Waals surface area contributed by atoms with Gasteiger partial charge in [-0.05, 0) is 50.6 Å². The summed E-state index contributed by atoms with van der Waals surface area (Å²) in [5, 5.41) is 6.92. The van der Waals surface area contributed by atoms with Crippen LogP contribution in [0.1, 0.15) is 36.9 Å². The second-order valence-corrected chi connectivity index (χ2v) is 7.74. The van der Waals surface area contributed by atoms with Crippen LogP contribution in [0.2, 0.25) is 0 Å². The summed E-state index contributed by atoms with van der Waals surface area (Å²) in [5.41, 5.74) is 2.26. The number of halogens is 1. The van der Waals surface area contributed by atoms with Gasteiger partial charge in [-0.3, -0.25) is 4.90 Å². The maximum absolute atomic E-state index is 5.60. The average molecular weight is 569 g/mol. The van der Waals surface area contributed by atoms with Crippen molar-refractivity contribution < 1.29 is 14.2 Å². The van der Waals surface area contributed by atoms with Crippen LogP contribution in [-0.2, 0) is 6.54 Å². The molecule has 1 aliphatic rings. The second-order valence-electron chi connectivity index (χ2n) is 7.74. The summed E-state index contributed by atoms with van der Waals surface area (Å²) < 4.78 is 16.5. The first-order valence-corrected chi connectivity index (χ1v) is 11.3. The van der Waals surface area contributed by atoms with Crippen molar-refractivity contribution in [2.75, 3.05) is 47.5 Å². The summed E-state index contributed by atoms with van der Waals surface area (Å²) in [6.45, 7) is 6.38. The van der Waals surface area contributed by atoms with Gasteiger partial charge >= 0.3 is 0 Å². The normalized spacial score (nSPS) is 14.8. The molecule has 1 aliphatic heterocycles. The summed E-state index contributed by atoms with van der Waals surface area (Å²) in [7, 11) is 4.86. The third-order valence-electron chi connectivity index (χ3n) is 5.77. The van der Waals surface area contributed by atoms with Crippen molar-refractivity contribution in [3.8, 4) is 17.2 Å². The smallest absolute Gasteiger partial charge is 0.203 e. The number of nitrogens with one attached hydrogen (secondary N) is 2. The largest absolute Gasteiger partial charge is 0.493 e. The SMILES string of the molecule is CCNC(=NCc1ccc(OC)c(OC)c1OC)NCC(c1ccccc1)N1CCCC1.I. The van der Waals surface area contributed by atoms with E-state index in [0.29, 0.717) is 29.8 Å². The molecule has 0 aliphatic carbocycles. The van der Waals surface area contributed by atoms with Crippen LogP contribution in [0, 0.1) is 0 Å². The molecule has 8 heteroatoms. The maximum atomic E-state index is 5.60. The van der Waals surface area contributed by atoms with Crippen LogP contribution < -0.4 is 24.8 Å². The summed E-state index contributed by atoms with van der Waals surface area (Å²) >= 11 is 0. The summed E-state index contributed by atoms with van der Waals surface area (Å²) in [5.74, 6) is 2.65. The number of hydrogen-bond donors (Lipinski definition) is 2. The Morgan fingerprint density at radius 2 is 1.64 bits per heavy atom. The van der Waals surface area contributed by atoms with Crippen molar-refractivity contribution in [2.24, 2.45) is 4.99 Å². The molecule has 1 fully saturated rings. The van der Waals surface area contributed by atoms with Crippen molar-refractivity contribution in [1.29, 1.82) is 0 Å². The van der Waals surface area contributed by atoms with Crippen molar-refractivity contribution in [3.63, 3.8) is 0 Å². The fraction of sp³-hybridized carbons (Fsp3) is 0.480. The quantitative estimate of drug-likeness (QED) is 0.254. The zero-order chi connectivity index (χ0) is 22.8. The lowest BCUT2D eigenvalue weighted by Gasteiger charge is -2.29. The fourth-order valence-electron chi connectivity index (χ4n) is 4.17. The summed E-state index contributed by atoms with van der Waals surface area (Å²) in [6.07, 6.45) is 2.52. The number of likely N-dealkylation sites (tertiary alicyclic amines) is 1. The maximum Gasteiger partial charge on any atom is 0.203 e. The molecule has 1 atom stereocenters. The molecule has 0 saturated carbocycles. The molecule has 2 N–H and O–H groups in total. The third kappa shape index (κ3) is 7.14. The zero-order valence-electron chi connectivity index (χ0n) is 20.1. The predicted octanol–water partition coefficient (Wildman–Crippen LogP) is 4.22. The lowest BCUT2D eigenvalue weighted by atomic mass is 10.1. The van der Waals surface area contributed by atoms with Gasteiger partial charge in [0.25, 0.3) is 0 Å². The molecule has 0 amide bonds. The summed E-state index contributed by atoms with van der Waals surface area (Å²) in [6, 6.07) is 14.9. The molecule has 1 saturated heterocycles. The third-order valence-corrected chi connectivity index (χ3v) is 5.77. The molecule has 0 bridgehead atoms. The van der Waals surface area contributed by atoms with E-state index in [0.717, 1.165) is 37.7 Å². The highest BCUT2D eigenvalue weighted by Gasteiger charge is 2.23. The molecule has 0 spiro atoms. The molecule has 3 rings (SSSR count). The highest BCUT2D eigenvalue weighted by Crippen LogP contribution is 2.40. The van der Waals surface area contributed by atoms with Gasteiger partial charge in [0.05, 0.1) is 33.9 Å². The standard InChI is InChI=1S/C25H36N4O3.HI/c1-5-26-25(27-17-20-13-14-22(30-2)24(32-4)23(20)31-3)28-18-21(29-15-9-10-16-29)19-11-7-6-8-12-19;/h6-8,11-14,21H,5,9-10,15-18H2,1-4H3,(H2,26,27,28);1H. The van der Waals surface area contributed by atoms with E-state index in [1.165, 1.54) is 18.4 Å². The number of guanidine groups is 1. The van der Waals surface area contributed by atoms with Crippen LogP contribution in [0.5, 0.6) is 17.2 Å². The molecule has 1 unspecified atom stereocenters. The first-order chi connectivity index (χ1) is 15.7. The molecule has 182 valence electrons. The second kappa shape index (κ2) is 14.1. The number of hydrogen-bond acceptors (Lipinski definition) is 5. The number of nitrogens with zero attached hydrogens (tertiary/aromatic N) is 2. The first kappa shape index (κ1) is 27.0. The van der Waals surface area contributed by atoms with E-state index >= 15 is 0 Å². The van der Waals surface area contributed by atoms with Crippen molar-refractivity contribution >= 4 is 29.9 Å². The highest BCUT2D eigenvalue weighted by atomic mass is 127. The molecular formula is C25H37IN4O3. The molecular weight excluding hydrogens is 531 g/mol. The molecule has 7 nitrogen and oxygen atoms in total. The number of methoxy groups -OCH3 is 3. The van der Waals surface area contributed by atoms with Gasteiger partial charge in [-0.15, -0.1) is 24.0 Å². The van der Waals surface area contributed by atoms with Gasteiger partial charge in [-0.25, -0.2) is 4.99 Å². The average Bonchev–Trinajstić information content (AvgIpc) is 3.37. The van der Waals surface area contributed by atoms with Gasteiger partial charge in [0.2, 0.25) is 5.75 Å². The topological polar surface area (TPSA) is 67.4 Å².